The molecule has 0 spiro atoms. The summed E-state index contributed by atoms with van der Waals surface area (Å²) in [4.78, 5) is 11.5. The van der Waals surface area contributed by atoms with Gasteiger partial charge in [-0.2, -0.15) is 33.7 Å². The first-order chi connectivity index (χ1) is 17.5. The van der Waals surface area contributed by atoms with Crippen molar-refractivity contribution in [2.75, 3.05) is 13.2 Å². The number of aliphatic carboxylic acids is 1. The second-order valence-corrected chi connectivity index (χ2v) is 11.7. The second kappa shape index (κ2) is 12.3. The lowest BCUT2D eigenvalue weighted by molar-refractivity contribution is -0.303. The van der Waals surface area contributed by atoms with Crippen molar-refractivity contribution in [2.24, 2.45) is 0 Å². The van der Waals surface area contributed by atoms with Crippen LogP contribution in [0.15, 0.2) is 0 Å². The Morgan fingerprint density at radius 3 is 1.54 bits per heavy atom. The van der Waals surface area contributed by atoms with Crippen LogP contribution < -0.4 is 0 Å². The summed E-state index contributed by atoms with van der Waals surface area (Å²) in [6, 6.07) is 0. The van der Waals surface area contributed by atoms with Gasteiger partial charge in [-0.05, 0) is 0 Å². The molecule has 39 heavy (non-hydrogen) atoms. The Hall–Kier alpha value is -1.25. The quantitative estimate of drug-likeness (QED) is 0.0906. The third-order valence-electron chi connectivity index (χ3n) is 4.72. The number of rotatable bonds is 13. The normalized spacial score (nSPS) is 34.7. The number of carboxylic acid groups (broad SMARTS) is 1. The van der Waals surface area contributed by atoms with Crippen LogP contribution in [0.5, 0.6) is 0 Å². The van der Waals surface area contributed by atoms with Gasteiger partial charge in [0.1, 0.15) is 36.6 Å². The van der Waals surface area contributed by atoms with Gasteiger partial charge >= 0.3 is 47.6 Å². The molecule has 0 aromatic carbocycles. The van der Waals surface area contributed by atoms with E-state index in [1.165, 1.54) is 0 Å². The maximum Gasteiger partial charge on any atom is 0.397 e. The fourth-order valence-corrected chi connectivity index (χ4v) is 4.94. The van der Waals surface area contributed by atoms with Crippen molar-refractivity contribution in [2.45, 2.75) is 55.1 Å². The van der Waals surface area contributed by atoms with Crippen molar-refractivity contribution in [3.63, 3.8) is 0 Å². The molecule has 2 rings (SSSR count). The maximum absolute atomic E-state index is 11.5. The van der Waals surface area contributed by atoms with E-state index in [0.717, 1.165) is 0 Å². The molecule has 2 aliphatic heterocycles. The zero-order valence-electron chi connectivity index (χ0n) is 18.4. The molecule has 0 aromatic rings. The molecule has 2 aliphatic rings. The molecule has 27 heteroatoms. The predicted octanol–water partition coefficient (Wildman–Crippen LogP) is -5.31. The van der Waals surface area contributed by atoms with Gasteiger partial charge in [-0.1, -0.05) is 0 Å². The maximum atomic E-state index is 11.5. The lowest BCUT2D eigenvalue weighted by Gasteiger charge is -2.42. The number of hydrogen-bond donors (Lipinski definition) is 7. The van der Waals surface area contributed by atoms with E-state index in [1.807, 2.05) is 0 Å². The SMILES string of the molecule is O=C(O)C1OC(OC2C(COS(=O)(=O)O)OC(COS(=O)(=O)O)C2O)C(OS(=O)(=O)O)C(OS(=O)(=O)O)C1O. The van der Waals surface area contributed by atoms with E-state index < -0.39 is 116 Å². The van der Waals surface area contributed by atoms with Gasteiger partial charge in [-0.15, -0.1) is 0 Å². The summed E-state index contributed by atoms with van der Waals surface area (Å²) in [5.74, 6) is -2.07. The standard InChI is InChI=1S/C12H20O23S4/c13-5-3(1-29-36(17,18)19)31-4(2-30-37(20,21)22)7(5)32-12-10(35-39(26,27)28)8(34-38(23,24)25)6(14)9(33-12)11(15)16/h3-10,12-14H,1-2H2,(H,15,16)(H,17,18,19)(H,20,21,22)(H,23,24,25)(H,26,27,28). The number of hydrogen-bond acceptors (Lipinski definition) is 18. The molecule has 0 radical (unpaired) electrons. The third kappa shape index (κ3) is 10.6. The van der Waals surface area contributed by atoms with Gasteiger partial charge in [0.2, 0.25) is 0 Å². The highest BCUT2D eigenvalue weighted by Crippen LogP contribution is 2.33. The van der Waals surface area contributed by atoms with Crippen molar-refractivity contribution < 1.29 is 103 Å². The fraction of sp³-hybridized carbons (Fsp3) is 0.917. The Kier molecular flexibility index (Phi) is 10.7. The van der Waals surface area contributed by atoms with Crippen LogP contribution in [0, 0.1) is 0 Å². The molecular formula is C12H20O23S4. The topological polar surface area (TPSA) is 360 Å². The van der Waals surface area contributed by atoms with Crippen LogP contribution in [0.1, 0.15) is 0 Å². The van der Waals surface area contributed by atoms with Crippen molar-refractivity contribution >= 4 is 47.6 Å². The van der Waals surface area contributed by atoms with E-state index in [-0.39, 0.29) is 0 Å². The summed E-state index contributed by atoms with van der Waals surface area (Å²) < 4.78 is 156. The lowest BCUT2D eigenvalue weighted by atomic mass is 9.98. The van der Waals surface area contributed by atoms with E-state index in [4.69, 9.17) is 32.4 Å². The van der Waals surface area contributed by atoms with Crippen LogP contribution in [0.4, 0.5) is 0 Å². The van der Waals surface area contributed by atoms with Gasteiger partial charge < -0.3 is 29.5 Å². The minimum Gasteiger partial charge on any atom is -0.479 e. The van der Waals surface area contributed by atoms with Gasteiger partial charge in [0, 0.05) is 0 Å². The van der Waals surface area contributed by atoms with Crippen molar-refractivity contribution in [3.8, 4) is 0 Å². The summed E-state index contributed by atoms with van der Waals surface area (Å²) in [6.45, 7) is -2.45. The van der Waals surface area contributed by atoms with Gasteiger partial charge in [-0.3, -0.25) is 18.2 Å². The molecule has 2 saturated heterocycles. The minimum atomic E-state index is -5.65. The lowest BCUT2D eigenvalue weighted by Crippen LogP contribution is -2.63. The highest BCUT2D eigenvalue weighted by Gasteiger charge is 2.56. The van der Waals surface area contributed by atoms with Crippen molar-refractivity contribution in [3.05, 3.63) is 0 Å². The van der Waals surface area contributed by atoms with Crippen LogP contribution in [0.2, 0.25) is 0 Å². The Morgan fingerprint density at radius 2 is 1.10 bits per heavy atom. The zero-order valence-corrected chi connectivity index (χ0v) is 21.7. The molecular weight excluding hydrogens is 640 g/mol. The van der Waals surface area contributed by atoms with Crippen molar-refractivity contribution in [1.29, 1.82) is 0 Å². The average molecular weight is 661 g/mol. The van der Waals surface area contributed by atoms with E-state index in [2.05, 4.69) is 16.7 Å². The fourth-order valence-electron chi connectivity index (χ4n) is 3.35. The molecule has 0 aromatic heterocycles. The van der Waals surface area contributed by atoms with E-state index >= 15 is 0 Å². The van der Waals surface area contributed by atoms with E-state index in [0.29, 0.717) is 0 Å². The molecule has 0 amide bonds. The Bertz CT molecular complexity index is 1300. The molecule has 9 unspecified atom stereocenters. The first-order valence-electron chi connectivity index (χ1n) is 9.58. The van der Waals surface area contributed by atoms with Crippen LogP contribution in [-0.2, 0) is 77.3 Å². The number of aliphatic hydroxyl groups excluding tert-OH is 2. The molecule has 23 nitrogen and oxygen atoms in total. The Labute approximate surface area is 218 Å². The van der Waals surface area contributed by atoms with Crippen LogP contribution in [-0.4, -0.2) is 142 Å². The molecule has 2 fully saturated rings. The van der Waals surface area contributed by atoms with Gasteiger partial charge in [0.25, 0.3) is 0 Å². The monoisotopic (exact) mass is 660 g/mol. The first-order valence-corrected chi connectivity index (χ1v) is 15.0. The first kappa shape index (κ1) is 34.0. The summed E-state index contributed by atoms with van der Waals surface area (Å²) in [5.41, 5.74) is 0. The van der Waals surface area contributed by atoms with E-state index in [9.17, 15) is 53.8 Å². The van der Waals surface area contributed by atoms with E-state index in [1.54, 1.807) is 0 Å². The van der Waals surface area contributed by atoms with Gasteiger partial charge in [0.15, 0.2) is 18.5 Å². The molecule has 9 atom stereocenters. The van der Waals surface area contributed by atoms with Crippen LogP contribution >= 0.6 is 0 Å². The molecule has 7 N–H and O–H groups in total. The van der Waals surface area contributed by atoms with Crippen molar-refractivity contribution in [1.82, 2.24) is 0 Å². The molecule has 230 valence electrons. The summed E-state index contributed by atoms with van der Waals surface area (Å²) in [6.07, 6.45) is -21.3. The molecule has 0 bridgehead atoms. The largest absolute Gasteiger partial charge is 0.479 e. The Balaban J connectivity index is 2.49. The summed E-state index contributed by atoms with van der Waals surface area (Å²) >= 11 is 0. The molecule has 2 heterocycles. The van der Waals surface area contributed by atoms with Crippen LogP contribution in [0.25, 0.3) is 0 Å². The predicted molar refractivity (Wildman–Crippen MR) is 110 cm³/mol. The molecule has 0 saturated carbocycles. The van der Waals surface area contributed by atoms with Gasteiger partial charge in [0.05, 0.1) is 13.2 Å². The Morgan fingerprint density at radius 1 is 0.641 bits per heavy atom. The highest BCUT2D eigenvalue weighted by molar-refractivity contribution is 7.81. The number of carbonyl (C=O) groups is 1. The number of carboxylic acids is 1. The second-order valence-electron chi connectivity index (χ2n) is 7.46. The third-order valence-corrected chi connectivity index (χ3v) is 6.51. The van der Waals surface area contributed by atoms with Crippen LogP contribution in [0.3, 0.4) is 0 Å². The number of ether oxygens (including phenoxy) is 3. The zero-order chi connectivity index (χ0) is 30.1. The van der Waals surface area contributed by atoms with Gasteiger partial charge in [-0.25, -0.2) is 21.5 Å². The minimum absolute atomic E-state index is 1.19. The summed E-state index contributed by atoms with van der Waals surface area (Å²) in [5, 5.41) is 30.0. The average Bonchev–Trinajstić information content (AvgIpc) is 3.01. The summed E-state index contributed by atoms with van der Waals surface area (Å²) in [7, 11) is -21.6. The highest BCUT2D eigenvalue weighted by atomic mass is 32.3. The number of aliphatic hydroxyl groups is 2. The smallest absolute Gasteiger partial charge is 0.397 e. The molecule has 0 aliphatic carbocycles.